The number of carbonyl (C=O) groups is 2. The number of aliphatic hydroxyl groups excluding tert-OH is 4. The molecule has 4 rings (SSSR count). The van der Waals surface area contributed by atoms with Gasteiger partial charge in [0.2, 0.25) is 6.29 Å². The van der Waals surface area contributed by atoms with Gasteiger partial charge in [-0.3, -0.25) is 4.79 Å². The fourth-order valence-electron chi connectivity index (χ4n) is 4.77. The van der Waals surface area contributed by atoms with Gasteiger partial charge < -0.3 is 44.5 Å². The molecule has 0 saturated carbocycles. The lowest BCUT2D eigenvalue weighted by Crippen LogP contribution is -2.61. The van der Waals surface area contributed by atoms with Crippen LogP contribution in [0.4, 0.5) is 0 Å². The number of aryl methyl sites for hydroxylation is 1. The van der Waals surface area contributed by atoms with Gasteiger partial charge in [0, 0.05) is 18.9 Å². The van der Waals surface area contributed by atoms with Crippen molar-refractivity contribution < 1.29 is 54.1 Å². The van der Waals surface area contributed by atoms with Crippen LogP contribution in [0.2, 0.25) is 0 Å². The van der Waals surface area contributed by atoms with Crippen molar-refractivity contribution in [3.05, 3.63) is 53.1 Å². The number of hydrogen-bond donors (Lipinski definition) is 5. The second kappa shape index (κ2) is 10.9. The van der Waals surface area contributed by atoms with Crippen molar-refractivity contribution in [2.45, 2.75) is 75.5 Å². The van der Waals surface area contributed by atoms with Crippen LogP contribution in [-0.4, -0.2) is 80.7 Å². The molecule has 0 amide bonds. The summed E-state index contributed by atoms with van der Waals surface area (Å²) in [4.78, 5) is 25.2. The molecule has 0 aromatic heterocycles. The molecule has 11 nitrogen and oxygen atoms in total. The van der Waals surface area contributed by atoms with Crippen molar-refractivity contribution >= 4 is 11.8 Å². The van der Waals surface area contributed by atoms with Crippen LogP contribution in [-0.2, 0) is 16.0 Å². The second-order valence-corrected chi connectivity index (χ2v) is 10.0. The zero-order valence-corrected chi connectivity index (χ0v) is 21.2. The first kappa shape index (κ1) is 27.8. The molecule has 38 heavy (non-hydrogen) atoms. The maximum absolute atomic E-state index is 13.6. The number of carbonyl (C=O) groups excluding carboxylic acids is 1. The quantitative estimate of drug-likeness (QED) is 0.311. The third kappa shape index (κ3) is 5.47. The summed E-state index contributed by atoms with van der Waals surface area (Å²) < 4.78 is 22.7. The Labute approximate surface area is 219 Å². The van der Waals surface area contributed by atoms with Gasteiger partial charge in [-0.05, 0) is 25.8 Å². The van der Waals surface area contributed by atoms with E-state index in [2.05, 4.69) is 0 Å². The number of methoxy groups -OCH3 is 1. The number of Topliss-reactive ketones (excluding diaryl/α,β-unsaturated/α-hetero) is 1. The minimum absolute atomic E-state index is 0.0329. The highest BCUT2D eigenvalue weighted by atomic mass is 16.7. The Balaban J connectivity index is 1.79. The van der Waals surface area contributed by atoms with Crippen molar-refractivity contribution in [2.75, 3.05) is 7.11 Å². The van der Waals surface area contributed by atoms with Crippen molar-refractivity contribution in [2.24, 2.45) is 0 Å². The first-order valence-corrected chi connectivity index (χ1v) is 12.2. The monoisotopic (exact) mass is 532 g/mol. The molecule has 1 saturated heterocycles. The molecule has 6 unspecified atom stereocenters. The van der Waals surface area contributed by atoms with Crippen LogP contribution in [0.15, 0.2) is 36.4 Å². The van der Waals surface area contributed by atoms with Crippen LogP contribution in [0, 0.1) is 0 Å². The largest absolute Gasteiger partial charge is 0.496 e. The Bertz CT molecular complexity index is 1180. The van der Waals surface area contributed by atoms with E-state index in [4.69, 9.17) is 18.9 Å². The Hall–Kier alpha value is -3.22. The van der Waals surface area contributed by atoms with E-state index in [0.717, 1.165) is 5.56 Å². The number of ketones is 1. The van der Waals surface area contributed by atoms with E-state index in [0.29, 0.717) is 6.42 Å². The van der Waals surface area contributed by atoms with E-state index in [-0.39, 0.29) is 41.2 Å². The van der Waals surface area contributed by atoms with Crippen LogP contribution >= 0.6 is 0 Å². The lowest BCUT2D eigenvalue weighted by Gasteiger charge is -2.40. The summed E-state index contributed by atoms with van der Waals surface area (Å²) in [5.74, 6) is -1.99. The third-order valence-electron chi connectivity index (χ3n) is 6.68. The molecule has 2 heterocycles. The number of carboxylic acids is 1. The first-order valence-electron chi connectivity index (χ1n) is 12.2. The van der Waals surface area contributed by atoms with Crippen LogP contribution in [0.3, 0.4) is 0 Å². The number of ether oxygens (including phenoxy) is 4. The van der Waals surface area contributed by atoms with Gasteiger partial charge in [0.05, 0.1) is 18.8 Å². The molecule has 2 aliphatic heterocycles. The summed E-state index contributed by atoms with van der Waals surface area (Å²) in [5, 5.41) is 51.4. The highest BCUT2D eigenvalue weighted by Crippen LogP contribution is 2.50. The Morgan fingerprint density at radius 2 is 1.74 bits per heavy atom. The molecule has 0 bridgehead atoms. The predicted molar refractivity (Wildman–Crippen MR) is 131 cm³/mol. The average molecular weight is 533 g/mol. The number of aliphatic carboxylic acids is 1. The highest BCUT2D eigenvalue weighted by molar-refractivity contribution is 6.02. The SMILES string of the molecule is COc1cc2c(c(OC3OC(C(=O)O)C(O)C(O)C3O)c1C(=O)CCc1ccccc1)C(O)CC(C)(C)O2. The molecule has 0 spiro atoms. The zero-order chi connectivity index (χ0) is 27.8. The maximum Gasteiger partial charge on any atom is 0.335 e. The van der Waals surface area contributed by atoms with Gasteiger partial charge in [-0.15, -0.1) is 0 Å². The normalized spacial score (nSPS) is 28.1. The molecule has 11 heteroatoms. The number of rotatable bonds is 8. The fourth-order valence-corrected chi connectivity index (χ4v) is 4.77. The maximum atomic E-state index is 13.6. The lowest BCUT2D eigenvalue weighted by atomic mass is 9.88. The number of carboxylic acid groups (broad SMARTS) is 1. The Morgan fingerprint density at radius 3 is 2.37 bits per heavy atom. The van der Waals surface area contributed by atoms with Gasteiger partial charge >= 0.3 is 5.97 Å². The number of benzene rings is 2. The summed E-state index contributed by atoms with van der Waals surface area (Å²) in [6.07, 6.45) is -10.1. The van der Waals surface area contributed by atoms with E-state index in [1.54, 1.807) is 13.8 Å². The van der Waals surface area contributed by atoms with Gasteiger partial charge in [0.25, 0.3) is 0 Å². The summed E-state index contributed by atoms with van der Waals surface area (Å²) in [7, 11) is 1.34. The molecule has 2 aromatic rings. The molecule has 1 fully saturated rings. The van der Waals surface area contributed by atoms with Gasteiger partial charge in [-0.2, -0.15) is 0 Å². The number of aliphatic hydroxyl groups is 4. The first-order chi connectivity index (χ1) is 17.9. The minimum atomic E-state index is -1.93. The highest BCUT2D eigenvalue weighted by Gasteiger charge is 2.49. The molecular weight excluding hydrogens is 500 g/mol. The van der Waals surface area contributed by atoms with Gasteiger partial charge in [-0.25, -0.2) is 4.79 Å². The van der Waals surface area contributed by atoms with Crippen LogP contribution < -0.4 is 14.2 Å². The smallest absolute Gasteiger partial charge is 0.335 e. The lowest BCUT2D eigenvalue weighted by molar-refractivity contribution is -0.271. The summed E-state index contributed by atoms with van der Waals surface area (Å²) in [6.45, 7) is 3.54. The standard InChI is InChI=1S/C27H32O11/c1-27(2)12-15(29)19-17(38-27)11-16(35-3)18(14(28)10-9-13-7-5-4-6-8-13)23(19)36-26-22(32)20(30)21(31)24(37-26)25(33)34/h4-8,11,15,20-22,24,26,29-32H,9-10,12H2,1-3H3,(H,33,34). The number of hydrogen-bond acceptors (Lipinski definition) is 10. The van der Waals surface area contributed by atoms with Gasteiger partial charge in [0.1, 0.15) is 46.7 Å². The molecule has 0 radical (unpaired) electrons. The molecule has 2 aliphatic rings. The van der Waals surface area contributed by atoms with Crippen LogP contribution in [0.1, 0.15) is 54.3 Å². The Morgan fingerprint density at radius 1 is 1.05 bits per heavy atom. The van der Waals surface area contributed by atoms with E-state index in [9.17, 15) is 35.1 Å². The predicted octanol–water partition coefficient (Wildman–Crippen LogP) is 1.38. The molecule has 6 atom stereocenters. The summed E-state index contributed by atoms with van der Waals surface area (Å²) in [5.41, 5.74) is 0.172. The summed E-state index contributed by atoms with van der Waals surface area (Å²) >= 11 is 0. The molecule has 5 N–H and O–H groups in total. The van der Waals surface area contributed by atoms with Crippen LogP contribution in [0.5, 0.6) is 17.2 Å². The third-order valence-corrected chi connectivity index (χ3v) is 6.68. The van der Waals surface area contributed by atoms with Crippen molar-refractivity contribution in [3.8, 4) is 17.2 Å². The van der Waals surface area contributed by atoms with Gasteiger partial charge in [-0.1, -0.05) is 30.3 Å². The second-order valence-electron chi connectivity index (χ2n) is 10.0. The average Bonchev–Trinajstić information content (AvgIpc) is 2.86. The van der Waals surface area contributed by atoms with Crippen molar-refractivity contribution in [3.63, 3.8) is 0 Å². The van der Waals surface area contributed by atoms with E-state index >= 15 is 0 Å². The summed E-state index contributed by atoms with van der Waals surface area (Å²) in [6, 6.07) is 10.8. The van der Waals surface area contributed by atoms with Gasteiger partial charge in [0.15, 0.2) is 11.9 Å². The van der Waals surface area contributed by atoms with E-state index in [1.807, 2.05) is 30.3 Å². The van der Waals surface area contributed by atoms with E-state index < -0.39 is 54.2 Å². The molecule has 206 valence electrons. The van der Waals surface area contributed by atoms with Crippen molar-refractivity contribution in [1.82, 2.24) is 0 Å². The molecule has 0 aliphatic carbocycles. The topological polar surface area (TPSA) is 172 Å². The Kier molecular flexibility index (Phi) is 7.96. The molecular formula is C27H32O11. The molecule has 2 aromatic carbocycles. The zero-order valence-electron chi connectivity index (χ0n) is 21.2. The van der Waals surface area contributed by atoms with Crippen LogP contribution in [0.25, 0.3) is 0 Å². The number of fused-ring (bicyclic) bond motifs is 1. The van der Waals surface area contributed by atoms with E-state index in [1.165, 1.54) is 13.2 Å². The minimum Gasteiger partial charge on any atom is -0.496 e. The fraction of sp³-hybridized carbons (Fsp3) is 0.481. The van der Waals surface area contributed by atoms with Crippen molar-refractivity contribution in [1.29, 1.82) is 0 Å².